The third-order valence-corrected chi connectivity index (χ3v) is 6.78. The fourth-order valence-electron chi connectivity index (χ4n) is 4.01. The number of nitrogens with one attached hydrogen (secondary N) is 1. The zero-order valence-electron chi connectivity index (χ0n) is 20.0. The van der Waals surface area contributed by atoms with Crippen LogP contribution in [0.1, 0.15) is 27.0 Å². The molecule has 1 aliphatic rings. The minimum absolute atomic E-state index is 0.00537. The van der Waals surface area contributed by atoms with Gasteiger partial charge in [0.1, 0.15) is 36.0 Å². The molecule has 12 heteroatoms. The van der Waals surface area contributed by atoms with Crippen LogP contribution in [0, 0.1) is 6.92 Å². The van der Waals surface area contributed by atoms with E-state index in [0.29, 0.717) is 12.1 Å². The Morgan fingerprint density at radius 1 is 1.14 bits per heavy atom. The van der Waals surface area contributed by atoms with Crippen LogP contribution >= 0.6 is 23.2 Å². The Balaban J connectivity index is 1.90. The van der Waals surface area contributed by atoms with Crippen LogP contribution in [0.3, 0.4) is 0 Å². The maximum Gasteiger partial charge on any atom is 0.255 e. The van der Waals surface area contributed by atoms with E-state index < -0.39 is 43.2 Å². The highest BCUT2D eigenvalue weighted by Crippen LogP contribution is 2.45. The number of ether oxygens (including phenoxy) is 4. The van der Waals surface area contributed by atoms with Crippen LogP contribution in [-0.2, 0) is 22.6 Å². The van der Waals surface area contributed by atoms with Crippen LogP contribution in [0.4, 0.5) is 0 Å². The molecule has 1 aliphatic heterocycles. The standard InChI is InChI=1S/C24H30Cl2N2O8/c1-11-15(23(32)28-18-20(31)19(30)14(9-29)36-24(18)34-3)21(33-2)17(26)22(16(11)25)35-10-13-6-4-5-12(7-13)8-27/h4-7,14,18-20,24,29-31H,8-10,27H2,1-3H3,(H,28,32)/t14-,18-,19-,20-,24+/m1/s1. The van der Waals surface area contributed by atoms with Crippen molar-refractivity contribution in [2.45, 2.75) is 50.7 Å². The zero-order chi connectivity index (χ0) is 26.6. The fourth-order valence-corrected chi connectivity index (χ4v) is 4.63. The summed E-state index contributed by atoms with van der Waals surface area (Å²) in [7, 11) is 2.64. The van der Waals surface area contributed by atoms with E-state index in [-0.39, 0.29) is 33.7 Å². The van der Waals surface area contributed by atoms with Crippen LogP contribution in [0.5, 0.6) is 11.5 Å². The van der Waals surface area contributed by atoms with E-state index in [4.69, 9.17) is 47.9 Å². The van der Waals surface area contributed by atoms with E-state index in [1.54, 1.807) is 6.92 Å². The molecule has 0 spiro atoms. The maximum absolute atomic E-state index is 13.3. The number of hydrogen-bond donors (Lipinski definition) is 5. The highest BCUT2D eigenvalue weighted by atomic mass is 35.5. The van der Waals surface area contributed by atoms with Gasteiger partial charge in [-0.3, -0.25) is 4.79 Å². The molecule has 1 heterocycles. The SMILES string of the molecule is COc1c(Cl)c(OCc2cccc(CN)c2)c(Cl)c(C)c1C(=O)N[C@H]1[C@@H](OC)O[C@H](CO)[C@@H](O)[C@@H]1O. The number of methoxy groups -OCH3 is 2. The van der Waals surface area contributed by atoms with Gasteiger partial charge in [-0.05, 0) is 23.6 Å². The van der Waals surface area contributed by atoms with Crippen molar-refractivity contribution in [2.75, 3.05) is 20.8 Å². The van der Waals surface area contributed by atoms with Gasteiger partial charge in [0, 0.05) is 13.7 Å². The Bertz CT molecular complexity index is 1080. The molecular formula is C24H30Cl2N2O8. The molecular weight excluding hydrogens is 515 g/mol. The number of aliphatic hydroxyl groups is 3. The van der Waals surface area contributed by atoms with Gasteiger partial charge >= 0.3 is 0 Å². The van der Waals surface area contributed by atoms with Crippen molar-refractivity contribution in [1.29, 1.82) is 0 Å². The Morgan fingerprint density at radius 2 is 1.83 bits per heavy atom. The Morgan fingerprint density at radius 3 is 2.44 bits per heavy atom. The number of aliphatic hydroxyl groups excluding tert-OH is 3. The van der Waals surface area contributed by atoms with E-state index in [1.807, 2.05) is 24.3 Å². The maximum atomic E-state index is 13.3. The number of amides is 1. The van der Waals surface area contributed by atoms with Crippen molar-refractivity contribution < 1.29 is 39.1 Å². The lowest BCUT2D eigenvalue weighted by Crippen LogP contribution is -2.64. The molecule has 0 aromatic heterocycles. The predicted molar refractivity (Wildman–Crippen MR) is 132 cm³/mol. The lowest BCUT2D eigenvalue weighted by molar-refractivity contribution is -0.261. The molecule has 198 valence electrons. The average molecular weight is 545 g/mol. The van der Waals surface area contributed by atoms with Crippen molar-refractivity contribution in [2.24, 2.45) is 5.73 Å². The van der Waals surface area contributed by atoms with E-state index >= 15 is 0 Å². The second-order valence-corrected chi connectivity index (χ2v) is 9.00. The lowest BCUT2D eigenvalue weighted by Gasteiger charge is -2.41. The summed E-state index contributed by atoms with van der Waals surface area (Å²) in [5.74, 6) is -0.560. The molecule has 1 fully saturated rings. The predicted octanol–water partition coefficient (Wildman–Crippen LogP) is 1.53. The van der Waals surface area contributed by atoms with Crippen LogP contribution < -0.4 is 20.5 Å². The van der Waals surface area contributed by atoms with E-state index in [0.717, 1.165) is 11.1 Å². The highest BCUT2D eigenvalue weighted by molar-refractivity contribution is 6.39. The third kappa shape index (κ3) is 5.71. The largest absolute Gasteiger partial charge is 0.494 e. The Labute approximate surface area is 218 Å². The normalized spacial score (nSPS) is 23.9. The molecule has 2 aromatic rings. The number of nitrogens with two attached hydrogens (primary N) is 1. The van der Waals surface area contributed by atoms with Gasteiger partial charge < -0.3 is 45.3 Å². The first-order valence-electron chi connectivity index (χ1n) is 11.1. The number of carbonyl (C=O) groups excluding carboxylic acids is 1. The van der Waals surface area contributed by atoms with Gasteiger partial charge in [0.15, 0.2) is 17.8 Å². The third-order valence-electron chi connectivity index (χ3n) is 5.98. The molecule has 3 rings (SSSR count). The van der Waals surface area contributed by atoms with Crippen LogP contribution in [0.15, 0.2) is 24.3 Å². The Kier molecular flexibility index (Phi) is 9.79. The number of halogens is 2. The first-order valence-corrected chi connectivity index (χ1v) is 11.9. The summed E-state index contributed by atoms with van der Waals surface area (Å²) in [5, 5.41) is 32.8. The second-order valence-electron chi connectivity index (χ2n) is 8.24. The molecule has 5 atom stereocenters. The molecule has 2 aromatic carbocycles. The van der Waals surface area contributed by atoms with Gasteiger partial charge in [-0.1, -0.05) is 47.5 Å². The minimum Gasteiger partial charge on any atom is -0.494 e. The smallest absolute Gasteiger partial charge is 0.255 e. The molecule has 1 saturated heterocycles. The quantitative estimate of drug-likeness (QED) is 0.316. The molecule has 6 N–H and O–H groups in total. The van der Waals surface area contributed by atoms with Crippen molar-refractivity contribution in [1.82, 2.24) is 5.32 Å². The number of hydrogen-bond acceptors (Lipinski definition) is 9. The van der Waals surface area contributed by atoms with Crippen molar-refractivity contribution in [3.8, 4) is 11.5 Å². The summed E-state index contributed by atoms with van der Waals surface area (Å²) in [6.07, 6.45) is -5.18. The molecule has 0 unspecified atom stereocenters. The fraction of sp³-hybridized carbons (Fsp3) is 0.458. The van der Waals surface area contributed by atoms with E-state index in [2.05, 4.69) is 5.32 Å². The molecule has 10 nitrogen and oxygen atoms in total. The Hall–Kier alpha value is -2.15. The molecule has 1 amide bonds. The zero-order valence-corrected chi connectivity index (χ0v) is 21.5. The number of benzene rings is 2. The summed E-state index contributed by atoms with van der Waals surface area (Å²) < 4.78 is 22.0. The minimum atomic E-state index is -1.49. The number of rotatable bonds is 9. The monoisotopic (exact) mass is 544 g/mol. The molecule has 0 radical (unpaired) electrons. The summed E-state index contributed by atoms with van der Waals surface area (Å²) in [6.45, 7) is 1.58. The molecule has 0 bridgehead atoms. The molecule has 0 aliphatic carbocycles. The van der Waals surface area contributed by atoms with Gasteiger partial charge in [0.2, 0.25) is 0 Å². The van der Waals surface area contributed by atoms with E-state index in [1.165, 1.54) is 14.2 Å². The van der Waals surface area contributed by atoms with Gasteiger partial charge in [0.05, 0.1) is 24.3 Å². The summed E-state index contributed by atoms with van der Waals surface area (Å²) in [5.41, 5.74) is 7.80. The van der Waals surface area contributed by atoms with Crippen LogP contribution in [0.2, 0.25) is 10.0 Å². The number of carbonyl (C=O) groups is 1. The first kappa shape index (κ1) is 28.4. The van der Waals surface area contributed by atoms with Crippen molar-refractivity contribution in [3.05, 3.63) is 56.6 Å². The second kappa shape index (κ2) is 12.4. The summed E-state index contributed by atoms with van der Waals surface area (Å²) >= 11 is 13.1. The van der Waals surface area contributed by atoms with E-state index in [9.17, 15) is 20.1 Å². The van der Waals surface area contributed by atoms with Crippen molar-refractivity contribution >= 4 is 29.1 Å². The molecule has 0 saturated carbocycles. The highest BCUT2D eigenvalue weighted by Gasteiger charge is 2.45. The summed E-state index contributed by atoms with van der Waals surface area (Å²) in [6, 6.07) is 6.35. The summed E-state index contributed by atoms with van der Waals surface area (Å²) in [4.78, 5) is 13.3. The molecule has 36 heavy (non-hydrogen) atoms. The first-order chi connectivity index (χ1) is 17.2. The van der Waals surface area contributed by atoms with Gasteiger partial charge in [-0.15, -0.1) is 0 Å². The van der Waals surface area contributed by atoms with Gasteiger partial charge in [-0.2, -0.15) is 0 Å². The lowest BCUT2D eigenvalue weighted by atomic mass is 9.96. The van der Waals surface area contributed by atoms with Crippen LogP contribution in [0.25, 0.3) is 0 Å². The van der Waals surface area contributed by atoms with Crippen LogP contribution in [-0.4, -0.2) is 72.7 Å². The van der Waals surface area contributed by atoms with Crippen molar-refractivity contribution in [3.63, 3.8) is 0 Å². The van der Waals surface area contributed by atoms with Gasteiger partial charge in [0.25, 0.3) is 5.91 Å². The topological polar surface area (TPSA) is 153 Å². The van der Waals surface area contributed by atoms with Gasteiger partial charge in [-0.25, -0.2) is 0 Å². The average Bonchev–Trinajstić information content (AvgIpc) is 2.88.